The van der Waals surface area contributed by atoms with E-state index in [1.807, 2.05) is 18.2 Å². The van der Waals surface area contributed by atoms with Gasteiger partial charge in [-0.2, -0.15) is 4.98 Å². The maximum atomic E-state index is 12.4. The van der Waals surface area contributed by atoms with E-state index in [1.54, 1.807) is 19.1 Å². The summed E-state index contributed by atoms with van der Waals surface area (Å²) in [4.78, 5) is 27.9. The minimum Gasteiger partial charge on any atom is -0.368 e. The first kappa shape index (κ1) is 15.8. The number of carbonyl (C=O) groups excluding carboxylic acids is 2. The topological polar surface area (TPSA) is 126 Å². The van der Waals surface area contributed by atoms with Crippen molar-refractivity contribution in [2.24, 2.45) is 0 Å². The fourth-order valence-corrected chi connectivity index (χ4v) is 2.62. The number of nitrogens with zero attached hydrogens (tertiary/aromatic N) is 2. The number of nitrogens with two attached hydrogens (primary N) is 1. The van der Waals surface area contributed by atoms with Crippen LogP contribution in [0, 0.1) is 0 Å². The predicted molar refractivity (Wildman–Crippen MR) is 83.1 cm³/mol. The lowest BCUT2D eigenvalue weighted by Crippen LogP contribution is -2.41. The Kier molecular flexibility index (Phi) is 5.37. The van der Waals surface area contributed by atoms with Gasteiger partial charge >= 0.3 is 6.03 Å². The number of thioether (sulfide) groups is 1. The number of rotatable bonds is 5. The van der Waals surface area contributed by atoms with Crippen molar-refractivity contribution < 1.29 is 9.59 Å². The average Bonchev–Trinajstić information content (AvgIpc) is 2.91. The molecule has 1 aromatic carbocycles. The smallest absolute Gasteiger partial charge is 0.321 e. The first-order valence-corrected chi connectivity index (χ1v) is 7.46. The van der Waals surface area contributed by atoms with Crippen LogP contribution in [0.15, 0.2) is 35.5 Å². The van der Waals surface area contributed by atoms with Gasteiger partial charge in [0.15, 0.2) is 0 Å². The van der Waals surface area contributed by atoms with Crippen LogP contribution in [0.4, 0.5) is 10.7 Å². The number of amides is 3. The predicted octanol–water partition coefficient (Wildman–Crippen LogP) is 1.07. The molecular formula is C13H16N6O2S. The molecule has 1 heterocycles. The molecule has 0 aliphatic rings. The van der Waals surface area contributed by atoms with E-state index in [9.17, 15) is 9.59 Å². The molecule has 2 aromatic rings. The Labute approximate surface area is 131 Å². The normalized spacial score (nSPS) is 11.7. The summed E-state index contributed by atoms with van der Waals surface area (Å²) in [5, 5.41) is 10.9. The minimum atomic E-state index is -0.668. The first-order chi connectivity index (χ1) is 10.6. The number of H-pyrrole nitrogens is 1. The molecule has 2 rings (SSSR count). The summed E-state index contributed by atoms with van der Waals surface area (Å²) in [6.45, 7) is 2.20. The number of aromatic amines is 1. The third-order valence-electron chi connectivity index (χ3n) is 2.62. The molecule has 116 valence electrons. The van der Waals surface area contributed by atoms with Gasteiger partial charge in [0, 0.05) is 6.54 Å². The molecule has 0 unspecified atom stereocenters. The Hall–Kier alpha value is -2.55. The number of benzene rings is 1. The molecule has 0 bridgehead atoms. The van der Waals surface area contributed by atoms with E-state index >= 15 is 0 Å². The van der Waals surface area contributed by atoms with Gasteiger partial charge in [-0.1, -0.05) is 42.1 Å². The second kappa shape index (κ2) is 7.46. The molecular weight excluding hydrogens is 304 g/mol. The Bertz CT molecular complexity index is 645. The number of imide groups is 1. The summed E-state index contributed by atoms with van der Waals surface area (Å²) in [6.07, 6.45) is 0. The molecule has 5 N–H and O–H groups in total. The van der Waals surface area contributed by atoms with E-state index in [4.69, 9.17) is 5.73 Å². The monoisotopic (exact) mass is 320 g/mol. The maximum absolute atomic E-state index is 12.4. The molecule has 0 saturated carbocycles. The second-order valence-corrected chi connectivity index (χ2v) is 5.33. The quantitative estimate of drug-likeness (QED) is 0.610. The van der Waals surface area contributed by atoms with E-state index in [2.05, 4.69) is 25.8 Å². The van der Waals surface area contributed by atoms with Gasteiger partial charge in [-0.25, -0.2) is 9.89 Å². The van der Waals surface area contributed by atoms with E-state index in [-0.39, 0.29) is 5.95 Å². The van der Waals surface area contributed by atoms with Gasteiger partial charge in [-0.15, -0.1) is 5.10 Å². The van der Waals surface area contributed by atoms with Crippen LogP contribution in [0.3, 0.4) is 0 Å². The number of urea groups is 1. The average molecular weight is 320 g/mol. The van der Waals surface area contributed by atoms with Crippen molar-refractivity contribution in [1.29, 1.82) is 0 Å². The van der Waals surface area contributed by atoms with Crippen LogP contribution in [0.25, 0.3) is 0 Å². The zero-order valence-corrected chi connectivity index (χ0v) is 12.7. The van der Waals surface area contributed by atoms with Crippen molar-refractivity contribution in [3.63, 3.8) is 0 Å². The molecule has 0 saturated heterocycles. The maximum Gasteiger partial charge on any atom is 0.321 e. The van der Waals surface area contributed by atoms with Crippen molar-refractivity contribution >= 4 is 29.6 Å². The number of nitrogens with one attached hydrogen (secondary N) is 3. The van der Waals surface area contributed by atoms with E-state index < -0.39 is 17.2 Å². The third-order valence-corrected chi connectivity index (χ3v) is 3.74. The Morgan fingerprint density at radius 1 is 1.36 bits per heavy atom. The summed E-state index contributed by atoms with van der Waals surface area (Å²) in [6, 6.07) is 8.53. The molecule has 8 nitrogen and oxygen atoms in total. The highest BCUT2D eigenvalue weighted by Gasteiger charge is 2.25. The van der Waals surface area contributed by atoms with Gasteiger partial charge in [0.2, 0.25) is 17.0 Å². The van der Waals surface area contributed by atoms with Crippen molar-refractivity contribution in [1.82, 2.24) is 25.8 Å². The number of nitrogen functional groups attached to an aromatic ring is 1. The molecule has 0 spiro atoms. The van der Waals surface area contributed by atoms with Crippen molar-refractivity contribution in [2.45, 2.75) is 17.3 Å². The lowest BCUT2D eigenvalue weighted by atomic mass is 10.1. The summed E-state index contributed by atoms with van der Waals surface area (Å²) in [7, 11) is 0. The van der Waals surface area contributed by atoms with Gasteiger partial charge in [-0.05, 0) is 12.5 Å². The van der Waals surface area contributed by atoms with Crippen LogP contribution in [0.1, 0.15) is 17.7 Å². The summed E-state index contributed by atoms with van der Waals surface area (Å²) in [5.41, 5.74) is 6.22. The van der Waals surface area contributed by atoms with Crippen LogP contribution in [-0.2, 0) is 4.79 Å². The standard InChI is InChI=1S/C13H16N6O2S/c1-2-15-12(21)16-10(20)9(8-6-4-3-5-7-8)22-13-17-11(14)18-19-13/h3-7,9H,2H2,1H3,(H3,14,17,18,19)(H2,15,16,20,21)/t9-/m0/s1. The Morgan fingerprint density at radius 2 is 2.09 bits per heavy atom. The molecule has 1 aromatic heterocycles. The van der Waals surface area contributed by atoms with Crippen LogP contribution < -0.4 is 16.4 Å². The van der Waals surface area contributed by atoms with E-state index in [1.165, 1.54) is 0 Å². The Balaban J connectivity index is 2.18. The third kappa shape index (κ3) is 4.22. The van der Waals surface area contributed by atoms with E-state index in [0.717, 1.165) is 17.3 Å². The number of anilines is 1. The lowest BCUT2D eigenvalue weighted by Gasteiger charge is -2.14. The second-order valence-electron chi connectivity index (χ2n) is 4.26. The van der Waals surface area contributed by atoms with Crippen molar-refractivity contribution in [3.05, 3.63) is 35.9 Å². The molecule has 9 heteroatoms. The first-order valence-electron chi connectivity index (χ1n) is 6.58. The summed E-state index contributed by atoms with van der Waals surface area (Å²) in [5.74, 6) is -0.288. The van der Waals surface area contributed by atoms with Crippen LogP contribution in [0.5, 0.6) is 0 Å². The Morgan fingerprint density at radius 3 is 2.68 bits per heavy atom. The molecule has 1 atom stereocenters. The molecule has 0 fully saturated rings. The molecule has 22 heavy (non-hydrogen) atoms. The zero-order valence-electron chi connectivity index (χ0n) is 11.9. The van der Waals surface area contributed by atoms with Gasteiger partial charge in [0.05, 0.1) is 0 Å². The van der Waals surface area contributed by atoms with Crippen molar-refractivity contribution in [2.75, 3.05) is 12.3 Å². The van der Waals surface area contributed by atoms with Gasteiger partial charge in [-0.3, -0.25) is 10.1 Å². The zero-order chi connectivity index (χ0) is 15.9. The minimum absolute atomic E-state index is 0.165. The molecule has 3 amide bonds. The van der Waals surface area contributed by atoms with Gasteiger partial charge in [0.1, 0.15) is 5.25 Å². The van der Waals surface area contributed by atoms with Crippen LogP contribution in [0.2, 0.25) is 0 Å². The largest absolute Gasteiger partial charge is 0.368 e. The molecule has 0 aliphatic heterocycles. The summed E-state index contributed by atoms with van der Waals surface area (Å²) >= 11 is 1.11. The highest BCUT2D eigenvalue weighted by Crippen LogP contribution is 2.33. The fourth-order valence-electron chi connectivity index (χ4n) is 1.70. The number of hydrogen-bond acceptors (Lipinski definition) is 6. The highest BCUT2D eigenvalue weighted by molar-refractivity contribution is 8.00. The SMILES string of the molecule is CCNC(=O)NC(=O)[C@@H](Sc1n[nH]c(N)n1)c1ccccc1. The van der Waals surface area contributed by atoms with Crippen molar-refractivity contribution in [3.8, 4) is 0 Å². The summed E-state index contributed by atoms with van der Waals surface area (Å²) < 4.78 is 0. The number of carbonyl (C=O) groups is 2. The van der Waals surface area contributed by atoms with Crippen LogP contribution in [-0.4, -0.2) is 33.7 Å². The number of hydrogen-bond donors (Lipinski definition) is 4. The van der Waals surface area contributed by atoms with Gasteiger partial charge < -0.3 is 11.1 Å². The number of aromatic nitrogens is 3. The fraction of sp³-hybridized carbons (Fsp3) is 0.231. The van der Waals surface area contributed by atoms with Crippen LogP contribution >= 0.6 is 11.8 Å². The van der Waals surface area contributed by atoms with E-state index in [0.29, 0.717) is 11.7 Å². The lowest BCUT2D eigenvalue weighted by molar-refractivity contribution is -0.119. The highest BCUT2D eigenvalue weighted by atomic mass is 32.2. The molecule has 0 aliphatic carbocycles. The van der Waals surface area contributed by atoms with Gasteiger partial charge in [0.25, 0.3) is 0 Å². The molecule has 0 radical (unpaired) electrons.